The van der Waals surface area contributed by atoms with Crippen LogP contribution in [0.15, 0.2) is 30.3 Å². The first-order chi connectivity index (χ1) is 8.15. The van der Waals surface area contributed by atoms with E-state index in [2.05, 4.69) is 5.32 Å². The van der Waals surface area contributed by atoms with E-state index < -0.39 is 12.1 Å². The van der Waals surface area contributed by atoms with E-state index >= 15 is 0 Å². The fraction of sp³-hybridized carbons (Fsp3) is 0.417. The van der Waals surface area contributed by atoms with Crippen LogP contribution < -0.4 is 11.1 Å². The van der Waals surface area contributed by atoms with E-state index in [1.165, 1.54) is 0 Å². The molecule has 1 amide bonds. The molecule has 0 saturated carbocycles. The van der Waals surface area contributed by atoms with E-state index in [1.54, 1.807) is 19.1 Å². The first-order valence-electron chi connectivity index (χ1n) is 5.49. The normalized spacial score (nSPS) is 14.1. The van der Waals surface area contributed by atoms with Crippen molar-refractivity contribution >= 4 is 11.6 Å². The zero-order valence-corrected chi connectivity index (χ0v) is 9.80. The van der Waals surface area contributed by atoms with Crippen molar-refractivity contribution in [2.45, 2.75) is 19.1 Å². The summed E-state index contributed by atoms with van der Waals surface area (Å²) >= 11 is 0. The lowest BCUT2D eigenvalue weighted by atomic mass is 10.2. The van der Waals surface area contributed by atoms with Gasteiger partial charge in [-0.2, -0.15) is 0 Å². The van der Waals surface area contributed by atoms with E-state index in [0.29, 0.717) is 5.69 Å². The van der Waals surface area contributed by atoms with Gasteiger partial charge >= 0.3 is 0 Å². The van der Waals surface area contributed by atoms with Gasteiger partial charge in [-0.05, 0) is 19.1 Å². The number of nitrogens with one attached hydrogen (secondary N) is 1. The number of aliphatic hydroxyl groups excluding tert-OH is 1. The molecular weight excluding hydrogens is 220 g/mol. The molecule has 0 saturated heterocycles. The smallest absolute Gasteiger partial charge is 0.243 e. The summed E-state index contributed by atoms with van der Waals surface area (Å²) in [5.74, 6) is -0.304. The summed E-state index contributed by atoms with van der Waals surface area (Å²) in [5, 5.41) is 11.3. The number of hydrogen-bond acceptors (Lipinski definition) is 4. The Morgan fingerprint density at radius 1 is 1.47 bits per heavy atom. The van der Waals surface area contributed by atoms with Gasteiger partial charge in [0, 0.05) is 5.69 Å². The second kappa shape index (κ2) is 7.01. The number of ether oxygens (including phenoxy) is 1. The van der Waals surface area contributed by atoms with Crippen molar-refractivity contribution in [1.29, 1.82) is 0 Å². The van der Waals surface area contributed by atoms with Crippen LogP contribution in [-0.2, 0) is 9.53 Å². The Bertz CT molecular complexity index is 343. The number of carbonyl (C=O) groups excluding carboxylic acids is 1. The first kappa shape index (κ1) is 13.6. The van der Waals surface area contributed by atoms with Crippen molar-refractivity contribution in [1.82, 2.24) is 0 Å². The lowest BCUT2D eigenvalue weighted by Crippen LogP contribution is -2.45. The quantitative estimate of drug-likeness (QED) is 0.667. The molecule has 1 aromatic carbocycles. The van der Waals surface area contributed by atoms with Gasteiger partial charge in [-0.1, -0.05) is 18.2 Å². The Hall–Kier alpha value is -1.43. The highest BCUT2D eigenvalue weighted by atomic mass is 16.5. The molecule has 0 fully saturated rings. The molecule has 17 heavy (non-hydrogen) atoms. The van der Waals surface area contributed by atoms with E-state index in [4.69, 9.17) is 15.6 Å². The minimum absolute atomic E-state index is 0.0859. The summed E-state index contributed by atoms with van der Waals surface area (Å²) in [6, 6.07) is 8.32. The molecule has 0 spiro atoms. The van der Waals surface area contributed by atoms with Crippen LogP contribution in [0.25, 0.3) is 0 Å². The number of amides is 1. The number of rotatable bonds is 6. The van der Waals surface area contributed by atoms with Crippen LogP contribution in [-0.4, -0.2) is 36.4 Å². The third kappa shape index (κ3) is 4.52. The van der Waals surface area contributed by atoms with Gasteiger partial charge < -0.3 is 20.9 Å². The molecule has 1 rings (SSSR count). The van der Waals surface area contributed by atoms with Crippen molar-refractivity contribution in [3.8, 4) is 0 Å². The van der Waals surface area contributed by atoms with Crippen LogP contribution in [0.5, 0.6) is 0 Å². The maximum Gasteiger partial charge on any atom is 0.243 e. The van der Waals surface area contributed by atoms with Gasteiger partial charge in [0.15, 0.2) is 0 Å². The predicted molar refractivity (Wildman–Crippen MR) is 65.5 cm³/mol. The topological polar surface area (TPSA) is 84.6 Å². The highest BCUT2D eigenvalue weighted by Gasteiger charge is 2.21. The molecule has 0 bridgehead atoms. The van der Waals surface area contributed by atoms with Crippen LogP contribution in [0.1, 0.15) is 6.92 Å². The molecule has 0 aliphatic carbocycles. The van der Waals surface area contributed by atoms with E-state index in [1.807, 2.05) is 18.2 Å². The van der Waals surface area contributed by atoms with Crippen molar-refractivity contribution < 1.29 is 14.6 Å². The van der Waals surface area contributed by atoms with Crippen molar-refractivity contribution in [2.24, 2.45) is 5.73 Å². The van der Waals surface area contributed by atoms with Crippen molar-refractivity contribution in [3.05, 3.63) is 30.3 Å². The van der Waals surface area contributed by atoms with Gasteiger partial charge in [0.05, 0.1) is 19.3 Å². The predicted octanol–water partition coefficient (Wildman–Crippen LogP) is 0.350. The maximum atomic E-state index is 11.7. The number of nitrogens with two attached hydrogens (primary N) is 1. The molecule has 5 heteroatoms. The Labute approximate surface area is 101 Å². The summed E-state index contributed by atoms with van der Waals surface area (Å²) < 4.78 is 5.18. The second-order valence-corrected chi connectivity index (χ2v) is 3.68. The summed E-state index contributed by atoms with van der Waals surface area (Å²) in [7, 11) is 0. The fourth-order valence-electron chi connectivity index (χ4n) is 1.30. The zero-order chi connectivity index (χ0) is 12.7. The average Bonchev–Trinajstić information content (AvgIpc) is 2.36. The number of benzene rings is 1. The maximum absolute atomic E-state index is 11.7. The third-order valence-electron chi connectivity index (χ3n) is 2.32. The summed E-state index contributed by atoms with van der Waals surface area (Å²) in [5.41, 5.74) is 6.43. The summed E-state index contributed by atoms with van der Waals surface area (Å²) in [6.07, 6.45) is -0.439. The summed E-state index contributed by atoms with van der Waals surface area (Å²) in [4.78, 5) is 11.7. The van der Waals surface area contributed by atoms with Gasteiger partial charge in [-0.25, -0.2) is 0 Å². The van der Waals surface area contributed by atoms with Crippen LogP contribution in [0, 0.1) is 0 Å². The van der Waals surface area contributed by atoms with Crippen molar-refractivity contribution in [2.75, 3.05) is 18.5 Å². The van der Waals surface area contributed by atoms with Gasteiger partial charge in [-0.15, -0.1) is 0 Å². The van der Waals surface area contributed by atoms with Crippen LogP contribution in [0.3, 0.4) is 0 Å². The average molecular weight is 238 g/mol. The minimum Gasteiger partial charge on any atom is -0.394 e. The SMILES string of the molecule is CC(OCCO)C(N)C(=O)Nc1ccccc1. The zero-order valence-electron chi connectivity index (χ0n) is 9.80. The highest BCUT2D eigenvalue weighted by molar-refractivity contribution is 5.95. The Morgan fingerprint density at radius 2 is 2.12 bits per heavy atom. The number of aliphatic hydroxyl groups is 1. The first-order valence-corrected chi connectivity index (χ1v) is 5.49. The van der Waals surface area contributed by atoms with Crippen LogP contribution in [0.2, 0.25) is 0 Å². The molecule has 0 aliphatic heterocycles. The van der Waals surface area contributed by atoms with Gasteiger partial charge in [0.2, 0.25) is 5.91 Å². The Kier molecular flexibility index (Phi) is 5.62. The molecule has 5 nitrogen and oxygen atoms in total. The molecule has 4 N–H and O–H groups in total. The lowest BCUT2D eigenvalue weighted by Gasteiger charge is -2.19. The van der Waals surface area contributed by atoms with Gasteiger partial charge in [0.25, 0.3) is 0 Å². The second-order valence-electron chi connectivity index (χ2n) is 3.68. The van der Waals surface area contributed by atoms with Crippen LogP contribution >= 0.6 is 0 Å². The Balaban J connectivity index is 2.47. The Morgan fingerprint density at radius 3 is 2.71 bits per heavy atom. The van der Waals surface area contributed by atoms with Gasteiger partial charge in [0.1, 0.15) is 6.04 Å². The standard InChI is InChI=1S/C12H18N2O3/c1-9(17-8-7-15)11(13)12(16)14-10-5-3-2-4-6-10/h2-6,9,11,15H,7-8,13H2,1H3,(H,14,16). The van der Waals surface area contributed by atoms with E-state index in [-0.39, 0.29) is 19.1 Å². The molecule has 0 radical (unpaired) electrons. The number of carbonyl (C=O) groups is 1. The lowest BCUT2D eigenvalue weighted by molar-refractivity contribution is -0.120. The van der Waals surface area contributed by atoms with Crippen molar-refractivity contribution in [3.63, 3.8) is 0 Å². The molecular formula is C12H18N2O3. The largest absolute Gasteiger partial charge is 0.394 e. The molecule has 1 aromatic rings. The van der Waals surface area contributed by atoms with Gasteiger partial charge in [-0.3, -0.25) is 4.79 Å². The number of anilines is 1. The molecule has 0 aliphatic rings. The number of hydrogen-bond donors (Lipinski definition) is 3. The third-order valence-corrected chi connectivity index (χ3v) is 2.32. The molecule has 94 valence electrons. The molecule has 0 heterocycles. The molecule has 2 unspecified atom stereocenters. The summed E-state index contributed by atoms with van der Waals surface area (Å²) in [6.45, 7) is 1.79. The monoisotopic (exact) mass is 238 g/mol. The van der Waals surface area contributed by atoms with E-state index in [9.17, 15) is 4.79 Å². The molecule has 0 aromatic heterocycles. The molecule has 2 atom stereocenters. The fourth-order valence-corrected chi connectivity index (χ4v) is 1.30. The van der Waals surface area contributed by atoms with Crippen LogP contribution in [0.4, 0.5) is 5.69 Å². The minimum atomic E-state index is -0.762. The number of para-hydroxylation sites is 1. The highest BCUT2D eigenvalue weighted by Crippen LogP contribution is 2.06. The van der Waals surface area contributed by atoms with E-state index in [0.717, 1.165) is 0 Å².